The predicted molar refractivity (Wildman–Crippen MR) is 172 cm³/mol. The lowest BCUT2D eigenvalue weighted by atomic mass is 9.86. The van der Waals surface area contributed by atoms with E-state index in [1.165, 1.54) is 0 Å². The molecule has 0 fully saturated rings. The monoisotopic (exact) mass is 637 g/mol. The molecule has 44 heavy (non-hydrogen) atoms. The number of rotatable bonds is 12. The summed E-state index contributed by atoms with van der Waals surface area (Å²) in [6, 6.07) is 13.0. The first-order chi connectivity index (χ1) is 20.0. The van der Waals surface area contributed by atoms with E-state index >= 15 is 0 Å². The van der Waals surface area contributed by atoms with Crippen molar-refractivity contribution in [1.29, 1.82) is 0 Å². The van der Waals surface area contributed by atoms with Crippen molar-refractivity contribution in [3.8, 4) is 5.75 Å². The Morgan fingerprint density at radius 1 is 0.864 bits per heavy atom. The Morgan fingerprint density at radius 2 is 1.45 bits per heavy atom. The number of hydrogen-bond donors (Lipinski definition) is 2. The van der Waals surface area contributed by atoms with Gasteiger partial charge in [0.2, 0.25) is 0 Å². The van der Waals surface area contributed by atoms with Crippen LogP contribution in [0, 0.1) is 0 Å². The van der Waals surface area contributed by atoms with Gasteiger partial charge in [-0.15, -0.1) is 0 Å². The molecule has 0 amide bonds. The first-order valence-corrected chi connectivity index (χ1v) is 16.2. The second-order valence-corrected chi connectivity index (χ2v) is 16.1. The van der Waals surface area contributed by atoms with Gasteiger partial charge in [-0.3, -0.25) is 9.05 Å². The molecule has 1 unspecified atom stereocenters. The lowest BCUT2D eigenvalue weighted by Gasteiger charge is -2.30. The van der Waals surface area contributed by atoms with Crippen LogP contribution in [0.25, 0.3) is 0 Å². The molecule has 0 saturated heterocycles. The maximum Gasteiger partial charge on any atom is 0.510 e. The van der Waals surface area contributed by atoms with E-state index in [1.807, 2.05) is 24.3 Å². The maximum atomic E-state index is 13.3. The molecule has 0 aliphatic carbocycles. The normalized spacial score (nSPS) is 13.8. The van der Waals surface area contributed by atoms with E-state index in [0.29, 0.717) is 11.3 Å². The predicted octanol–water partition coefficient (Wildman–Crippen LogP) is 8.50. The molecule has 2 N–H and O–H groups in total. The number of ether oxygens (including phenoxy) is 3. The van der Waals surface area contributed by atoms with Crippen molar-refractivity contribution in [2.75, 3.05) is 12.1 Å². The minimum Gasteiger partial charge on any atom is -0.467 e. The smallest absolute Gasteiger partial charge is 0.467 e. The van der Waals surface area contributed by atoms with Crippen LogP contribution in [0.3, 0.4) is 0 Å². The van der Waals surface area contributed by atoms with Crippen molar-refractivity contribution < 1.29 is 42.2 Å². The number of hydrogen-bond acceptors (Lipinski definition) is 10. The van der Waals surface area contributed by atoms with Crippen molar-refractivity contribution in [2.24, 2.45) is 0 Å². The summed E-state index contributed by atoms with van der Waals surface area (Å²) in [5.41, 5.74) is 0.625. The van der Waals surface area contributed by atoms with Crippen LogP contribution in [0.1, 0.15) is 99.8 Å². The van der Waals surface area contributed by atoms with Crippen molar-refractivity contribution in [3.05, 3.63) is 59.2 Å². The van der Waals surface area contributed by atoms with E-state index in [2.05, 4.69) is 26.1 Å². The number of carbonyl (C=O) groups excluding carboxylic acids is 1. The maximum absolute atomic E-state index is 13.3. The molecule has 10 nitrogen and oxygen atoms in total. The lowest BCUT2D eigenvalue weighted by molar-refractivity contribution is -0.0224. The Hall–Kier alpha value is -2.62. The Balaban J connectivity index is 2.27. The summed E-state index contributed by atoms with van der Waals surface area (Å²) >= 11 is 0. The molecule has 2 rings (SSSR count). The van der Waals surface area contributed by atoms with E-state index in [-0.39, 0.29) is 18.4 Å². The topological polar surface area (TPSA) is 122 Å². The zero-order valence-electron chi connectivity index (χ0n) is 28.4. The van der Waals surface area contributed by atoms with Crippen molar-refractivity contribution in [2.45, 2.75) is 125 Å². The fourth-order valence-electron chi connectivity index (χ4n) is 4.08. The number of aliphatic hydroxyl groups excluding tert-OH is 1. The summed E-state index contributed by atoms with van der Waals surface area (Å²) in [5, 5.41) is 13.5. The molecule has 0 bridgehead atoms. The summed E-state index contributed by atoms with van der Waals surface area (Å²) in [5.74, 6) is 0.324. The third kappa shape index (κ3) is 13.6. The van der Waals surface area contributed by atoms with Crippen molar-refractivity contribution in [3.63, 3.8) is 0 Å². The van der Waals surface area contributed by atoms with Gasteiger partial charge in [-0.25, -0.2) is 13.9 Å². The molecule has 2 aromatic carbocycles. The zero-order chi connectivity index (χ0) is 33.6. The van der Waals surface area contributed by atoms with Gasteiger partial charge in [0.1, 0.15) is 11.4 Å². The molecule has 0 spiro atoms. The highest BCUT2D eigenvalue weighted by Gasteiger charge is 2.37. The molecule has 0 aliphatic rings. The number of anilines is 1. The quantitative estimate of drug-likeness (QED) is 0.133. The molecule has 0 saturated carbocycles. The van der Waals surface area contributed by atoms with Gasteiger partial charge in [-0.05, 0) is 97.1 Å². The highest BCUT2D eigenvalue weighted by molar-refractivity contribution is 7.48. The highest BCUT2D eigenvalue weighted by atomic mass is 31.2. The fourth-order valence-corrected chi connectivity index (χ4v) is 5.75. The first-order valence-electron chi connectivity index (χ1n) is 14.8. The number of carbonyl (C=O) groups is 1. The van der Waals surface area contributed by atoms with E-state index in [1.54, 1.807) is 80.5 Å². The van der Waals surface area contributed by atoms with Gasteiger partial charge in [0.25, 0.3) is 0 Å². The minimum absolute atomic E-state index is 0.162. The van der Waals surface area contributed by atoms with Crippen LogP contribution in [-0.2, 0) is 46.1 Å². The fraction of sp³-hybridized carbons (Fsp3) is 0.606. The average Bonchev–Trinajstić information content (AvgIpc) is 2.80. The van der Waals surface area contributed by atoms with Gasteiger partial charge in [0, 0.05) is 17.7 Å². The van der Waals surface area contributed by atoms with Crippen LogP contribution < -0.4 is 10.1 Å². The van der Waals surface area contributed by atoms with Gasteiger partial charge < -0.3 is 24.6 Å². The van der Waals surface area contributed by atoms with E-state index in [0.717, 1.165) is 16.8 Å². The van der Waals surface area contributed by atoms with Crippen LogP contribution in [0.2, 0.25) is 0 Å². The molecule has 1 atom stereocenters. The average molecular weight is 638 g/mol. The number of phosphoric acid groups is 1. The van der Waals surface area contributed by atoms with E-state index in [9.17, 15) is 14.5 Å². The third-order valence-corrected chi connectivity index (χ3v) is 7.56. The second-order valence-electron chi connectivity index (χ2n) is 14.6. The van der Waals surface area contributed by atoms with Crippen LogP contribution >= 0.6 is 7.82 Å². The Morgan fingerprint density at radius 3 is 1.98 bits per heavy atom. The van der Waals surface area contributed by atoms with Gasteiger partial charge >= 0.3 is 14.0 Å². The molecule has 0 aromatic heterocycles. The molecule has 11 heteroatoms. The molecule has 0 aliphatic heterocycles. The van der Waals surface area contributed by atoms with Crippen LogP contribution in [0.4, 0.5) is 10.5 Å². The van der Waals surface area contributed by atoms with Gasteiger partial charge in [0.05, 0.1) is 17.8 Å². The summed E-state index contributed by atoms with van der Waals surface area (Å²) < 4.78 is 47.0. The number of para-hydroxylation sites is 1. The number of benzene rings is 2. The van der Waals surface area contributed by atoms with Gasteiger partial charge in [0.15, 0.2) is 13.0 Å². The third-order valence-electron chi connectivity index (χ3n) is 5.59. The Labute approximate surface area is 263 Å². The lowest BCUT2D eigenvalue weighted by Crippen LogP contribution is -2.33. The summed E-state index contributed by atoms with van der Waals surface area (Å²) in [7, 11) is -3.99. The van der Waals surface area contributed by atoms with Gasteiger partial charge in [-0.1, -0.05) is 45.0 Å². The van der Waals surface area contributed by atoms with E-state index in [4.69, 9.17) is 27.8 Å². The van der Waals surface area contributed by atoms with Gasteiger partial charge in [-0.2, -0.15) is 0 Å². The molecule has 248 valence electrons. The number of phosphoric ester groups is 1. The molecular formula is C33H52NO9P. The first kappa shape index (κ1) is 37.6. The molecule has 2 aromatic rings. The molecule has 0 heterocycles. The van der Waals surface area contributed by atoms with E-state index < -0.39 is 43.8 Å². The standard InChI is InChI=1S/C33H52NO9P/c1-30(2,3)25-15-13-14-16-26(25)34-28(40-29(36)41-31(4,5)6)20-23-17-18-27(24(19-23)21-35)38-22-39-44(37,42-32(7,8)9)43-33(10,11)12/h13-19,28,34-35H,20-22H2,1-12H3. The number of nitrogens with one attached hydrogen (secondary N) is 1. The summed E-state index contributed by atoms with van der Waals surface area (Å²) in [6.45, 7) is 21.3. The van der Waals surface area contributed by atoms with Crippen LogP contribution in [0.5, 0.6) is 5.75 Å². The Kier molecular flexibility index (Phi) is 12.5. The minimum atomic E-state index is -3.99. The highest BCUT2D eigenvalue weighted by Crippen LogP contribution is 2.55. The Bertz CT molecular complexity index is 1260. The summed E-state index contributed by atoms with van der Waals surface area (Å²) in [4.78, 5) is 12.7. The van der Waals surface area contributed by atoms with Crippen LogP contribution in [0.15, 0.2) is 42.5 Å². The molecule has 0 radical (unpaired) electrons. The number of aliphatic hydroxyl groups is 1. The molecular weight excluding hydrogens is 585 g/mol. The van der Waals surface area contributed by atoms with Crippen LogP contribution in [-0.4, -0.2) is 41.1 Å². The summed E-state index contributed by atoms with van der Waals surface area (Å²) in [6.07, 6.45) is -1.33. The SMILES string of the molecule is CC(C)(C)OC(=O)OC(Cc1ccc(OCOP(=O)(OC(C)(C)C)OC(C)(C)C)c(CO)c1)Nc1ccccc1C(C)(C)C. The zero-order valence-corrected chi connectivity index (χ0v) is 29.3. The van der Waals surface area contributed by atoms with Crippen molar-refractivity contribution >= 4 is 19.7 Å². The largest absolute Gasteiger partial charge is 0.510 e. The second kappa shape index (κ2) is 14.6. The van der Waals surface area contributed by atoms with Crippen molar-refractivity contribution in [1.82, 2.24) is 0 Å².